The van der Waals surface area contributed by atoms with Crippen molar-refractivity contribution in [3.63, 3.8) is 0 Å². The van der Waals surface area contributed by atoms with Crippen molar-refractivity contribution in [2.45, 2.75) is 38.3 Å². The topological polar surface area (TPSA) is 97.6 Å². The van der Waals surface area contributed by atoms with E-state index in [0.717, 1.165) is 24.4 Å². The summed E-state index contributed by atoms with van der Waals surface area (Å²) in [6.45, 7) is 3.89. The van der Waals surface area contributed by atoms with Gasteiger partial charge in [-0.1, -0.05) is 36.9 Å². The van der Waals surface area contributed by atoms with E-state index in [-0.39, 0.29) is 17.9 Å². The predicted molar refractivity (Wildman–Crippen MR) is 110 cm³/mol. The van der Waals surface area contributed by atoms with Gasteiger partial charge < -0.3 is 5.32 Å². The average molecular weight is 401 g/mol. The van der Waals surface area contributed by atoms with Crippen LogP contribution in [-0.4, -0.2) is 36.2 Å². The second-order valence-corrected chi connectivity index (χ2v) is 7.46. The van der Waals surface area contributed by atoms with E-state index >= 15 is 0 Å². The van der Waals surface area contributed by atoms with Gasteiger partial charge in [-0.15, -0.1) is 5.10 Å². The van der Waals surface area contributed by atoms with Gasteiger partial charge in [0.15, 0.2) is 0 Å². The Bertz CT molecular complexity index is 1010. The van der Waals surface area contributed by atoms with Crippen LogP contribution >= 0.6 is 11.8 Å². The summed E-state index contributed by atoms with van der Waals surface area (Å²) in [5, 5.41) is 10.4. The number of aromatic amines is 1. The van der Waals surface area contributed by atoms with Crippen LogP contribution in [-0.2, 0) is 18.3 Å². The summed E-state index contributed by atoms with van der Waals surface area (Å²) in [4.78, 5) is 29.5. The molecule has 8 nitrogen and oxygen atoms in total. The number of carbonyl (C=O) groups excluding carboxylic acids is 1. The number of hydrogen-bond donors (Lipinski definition) is 2. The number of H-pyrrole nitrogens is 1. The number of nitrogens with one attached hydrogen (secondary N) is 2. The Balaban J connectivity index is 1.63. The van der Waals surface area contributed by atoms with E-state index in [2.05, 4.69) is 27.4 Å². The number of aromatic nitrogens is 5. The maximum Gasteiger partial charge on any atom is 0.295 e. The lowest BCUT2D eigenvalue weighted by Gasteiger charge is -2.07. The molecule has 3 aromatic rings. The number of rotatable bonds is 8. The smallest absolute Gasteiger partial charge is 0.295 e. The molecule has 2 heterocycles. The van der Waals surface area contributed by atoms with E-state index in [9.17, 15) is 9.59 Å². The summed E-state index contributed by atoms with van der Waals surface area (Å²) < 4.78 is 3.29. The number of carbonyl (C=O) groups is 1. The van der Waals surface area contributed by atoms with Gasteiger partial charge in [0, 0.05) is 25.6 Å². The van der Waals surface area contributed by atoms with Crippen molar-refractivity contribution >= 4 is 23.4 Å². The Morgan fingerprint density at radius 1 is 1.29 bits per heavy atom. The molecule has 0 bridgehead atoms. The third-order valence-electron chi connectivity index (χ3n) is 4.38. The van der Waals surface area contributed by atoms with Crippen LogP contribution in [0.4, 0.5) is 5.69 Å². The van der Waals surface area contributed by atoms with Gasteiger partial charge in [-0.2, -0.15) is 0 Å². The third kappa shape index (κ3) is 4.36. The van der Waals surface area contributed by atoms with Gasteiger partial charge in [-0.25, -0.2) is 9.67 Å². The molecule has 1 aromatic carbocycles. The van der Waals surface area contributed by atoms with Gasteiger partial charge in [0.1, 0.15) is 11.5 Å². The molecule has 0 atom stereocenters. The molecular formula is C19H24N6O2S. The zero-order chi connectivity index (χ0) is 20.1. The Morgan fingerprint density at radius 2 is 2.04 bits per heavy atom. The summed E-state index contributed by atoms with van der Waals surface area (Å²) >= 11 is 1.42. The molecule has 28 heavy (non-hydrogen) atoms. The molecule has 2 aromatic heterocycles. The third-order valence-corrected chi connectivity index (χ3v) is 5.23. The lowest BCUT2D eigenvalue weighted by atomic mass is 10.3. The van der Waals surface area contributed by atoms with Crippen LogP contribution in [0.25, 0.3) is 5.69 Å². The van der Waals surface area contributed by atoms with E-state index in [4.69, 9.17) is 0 Å². The molecule has 9 heteroatoms. The molecular weight excluding hydrogens is 376 g/mol. The highest BCUT2D eigenvalue weighted by Crippen LogP contribution is 2.16. The molecule has 0 aliphatic rings. The fraction of sp³-hybridized carbons (Fsp3) is 0.368. The van der Waals surface area contributed by atoms with Crippen LogP contribution < -0.4 is 10.9 Å². The molecule has 0 unspecified atom stereocenters. The van der Waals surface area contributed by atoms with Crippen molar-refractivity contribution < 1.29 is 4.79 Å². The van der Waals surface area contributed by atoms with Crippen molar-refractivity contribution in [2.75, 3.05) is 11.1 Å². The monoisotopic (exact) mass is 400 g/mol. The van der Waals surface area contributed by atoms with Crippen molar-refractivity contribution in [3.05, 3.63) is 52.2 Å². The molecule has 0 radical (unpaired) electrons. The average Bonchev–Trinajstić information content (AvgIpc) is 3.21. The highest BCUT2D eigenvalue weighted by Gasteiger charge is 2.18. The number of nitrogens with zero attached hydrogens (tertiary/aromatic N) is 4. The number of aryl methyl sites for hydroxylation is 1. The SMILES string of the molecule is CCCc1nc(SCCC(=O)Nc2c(C)n(C)n(-c3ccccc3)c2=O)n[nH]1. The zero-order valence-corrected chi connectivity index (χ0v) is 17.0. The molecule has 1 amide bonds. The standard InChI is InChI=1S/C19H24N6O2S/c1-4-8-15-20-19(23-22-15)28-12-11-16(26)21-17-13(2)24(3)25(18(17)27)14-9-6-5-7-10-14/h5-7,9-10H,4,8,11-12H2,1-3H3,(H,21,26)(H,20,22,23). The largest absolute Gasteiger partial charge is 0.320 e. The van der Waals surface area contributed by atoms with Gasteiger partial charge in [0.25, 0.3) is 5.56 Å². The lowest BCUT2D eigenvalue weighted by molar-refractivity contribution is -0.115. The maximum absolute atomic E-state index is 12.8. The Kier molecular flexibility index (Phi) is 6.35. The van der Waals surface area contributed by atoms with E-state index in [0.29, 0.717) is 22.3 Å². The van der Waals surface area contributed by atoms with Crippen molar-refractivity contribution in [3.8, 4) is 5.69 Å². The first kappa shape index (κ1) is 19.9. The molecule has 148 valence electrons. The van der Waals surface area contributed by atoms with E-state index < -0.39 is 0 Å². The summed E-state index contributed by atoms with van der Waals surface area (Å²) in [6, 6.07) is 9.34. The Labute approximate surface area is 167 Å². The van der Waals surface area contributed by atoms with Gasteiger partial charge in [-0.3, -0.25) is 19.4 Å². The molecule has 0 aliphatic heterocycles. The number of hydrogen-bond acceptors (Lipinski definition) is 5. The summed E-state index contributed by atoms with van der Waals surface area (Å²) in [5.74, 6) is 1.19. The van der Waals surface area contributed by atoms with E-state index in [1.54, 1.807) is 16.4 Å². The van der Waals surface area contributed by atoms with Gasteiger partial charge in [0.2, 0.25) is 11.1 Å². The molecule has 3 rings (SSSR count). The van der Waals surface area contributed by atoms with Crippen LogP contribution in [0.1, 0.15) is 31.3 Å². The maximum atomic E-state index is 12.8. The lowest BCUT2D eigenvalue weighted by Crippen LogP contribution is -2.23. The molecule has 0 aliphatic carbocycles. The number of para-hydroxylation sites is 1. The number of anilines is 1. The predicted octanol–water partition coefficient (Wildman–Crippen LogP) is 2.68. The number of thioether (sulfide) groups is 1. The first-order valence-electron chi connectivity index (χ1n) is 9.19. The fourth-order valence-electron chi connectivity index (χ4n) is 2.84. The molecule has 0 saturated heterocycles. The van der Waals surface area contributed by atoms with Crippen molar-refractivity contribution in [1.29, 1.82) is 0 Å². The first-order valence-corrected chi connectivity index (χ1v) is 10.2. The van der Waals surface area contributed by atoms with Crippen LogP contribution in [0.15, 0.2) is 40.3 Å². The van der Waals surface area contributed by atoms with Gasteiger partial charge >= 0.3 is 0 Å². The number of benzene rings is 1. The number of amides is 1. The molecule has 0 spiro atoms. The van der Waals surface area contributed by atoms with E-state index in [1.165, 1.54) is 11.8 Å². The minimum absolute atomic E-state index is 0.206. The van der Waals surface area contributed by atoms with Gasteiger partial charge in [0.05, 0.1) is 11.4 Å². The first-order chi connectivity index (χ1) is 13.5. The second kappa shape index (κ2) is 8.92. The summed E-state index contributed by atoms with van der Waals surface area (Å²) in [7, 11) is 1.80. The summed E-state index contributed by atoms with van der Waals surface area (Å²) in [5.41, 5.74) is 1.52. The quantitative estimate of drug-likeness (QED) is 0.567. The van der Waals surface area contributed by atoms with Gasteiger partial charge in [-0.05, 0) is 25.5 Å². The van der Waals surface area contributed by atoms with Crippen molar-refractivity contribution in [1.82, 2.24) is 24.5 Å². The van der Waals surface area contributed by atoms with Crippen LogP contribution in [0, 0.1) is 6.92 Å². The highest BCUT2D eigenvalue weighted by molar-refractivity contribution is 7.99. The van der Waals surface area contributed by atoms with Crippen LogP contribution in [0.5, 0.6) is 0 Å². The van der Waals surface area contributed by atoms with Crippen LogP contribution in [0.2, 0.25) is 0 Å². The minimum atomic E-state index is -0.245. The molecule has 2 N–H and O–H groups in total. The van der Waals surface area contributed by atoms with E-state index in [1.807, 2.05) is 37.3 Å². The minimum Gasteiger partial charge on any atom is -0.320 e. The van der Waals surface area contributed by atoms with Crippen molar-refractivity contribution in [2.24, 2.45) is 7.05 Å². The highest BCUT2D eigenvalue weighted by atomic mass is 32.2. The Hall–Kier alpha value is -2.81. The van der Waals surface area contributed by atoms with Crippen LogP contribution in [0.3, 0.4) is 0 Å². The second-order valence-electron chi connectivity index (χ2n) is 6.40. The Morgan fingerprint density at radius 3 is 2.75 bits per heavy atom. The summed E-state index contributed by atoms with van der Waals surface area (Å²) in [6.07, 6.45) is 2.12. The molecule has 0 fully saturated rings. The fourth-order valence-corrected chi connectivity index (χ4v) is 3.60. The molecule has 0 saturated carbocycles. The normalized spacial score (nSPS) is 11.0. The zero-order valence-electron chi connectivity index (χ0n) is 16.2.